The predicted molar refractivity (Wildman–Crippen MR) is 209 cm³/mol. The summed E-state index contributed by atoms with van der Waals surface area (Å²) in [6.07, 6.45) is -1.04. The molecule has 1 aromatic carbocycles. The molecule has 0 aliphatic carbocycles. The zero-order valence-electron chi connectivity index (χ0n) is 31.4. The quantitative estimate of drug-likeness (QED) is 0.0433. The summed E-state index contributed by atoms with van der Waals surface area (Å²) in [7, 11) is 1.56. The fourth-order valence-corrected chi connectivity index (χ4v) is 8.56. The van der Waals surface area contributed by atoms with Crippen molar-refractivity contribution in [3.05, 3.63) is 52.2 Å². The topological polar surface area (TPSA) is 172 Å². The monoisotopic (exact) mass is 884 g/mol. The van der Waals surface area contributed by atoms with Crippen LogP contribution in [0.5, 0.6) is 5.75 Å². The second kappa shape index (κ2) is 16.8. The Balaban J connectivity index is 1.57. The smallest absolute Gasteiger partial charge is 0.413 e. The van der Waals surface area contributed by atoms with E-state index in [0.29, 0.717) is 10.2 Å². The number of Topliss-reactive ketones (excluding diaryl/α,β-unsaturated/α-hetero) is 1. The predicted octanol–water partition coefficient (Wildman–Crippen LogP) is 6.65. The number of amides is 2. The zero-order chi connectivity index (χ0) is 39.5. The van der Waals surface area contributed by atoms with Crippen molar-refractivity contribution >= 4 is 86.3 Å². The third kappa shape index (κ3) is 10.7. The summed E-state index contributed by atoms with van der Waals surface area (Å²) in [5.74, 6) is -2.50. The van der Waals surface area contributed by atoms with Crippen molar-refractivity contribution in [3.8, 4) is 5.75 Å². The lowest BCUT2D eigenvalue weighted by Gasteiger charge is -2.51. The molecule has 14 nitrogen and oxygen atoms in total. The fraction of sp³-hybridized carbons (Fsp3) is 0.528. The van der Waals surface area contributed by atoms with Crippen LogP contribution in [-0.4, -0.2) is 84.3 Å². The van der Waals surface area contributed by atoms with Gasteiger partial charge < -0.3 is 23.8 Å². The van der Waals surface area contributed by atoms with Gasteiger partial charge in [0.25, 0.3) is 0 Å². The molecule has 0 bridgehead atoms. The highest BCUT2D eigenvalue weighted by Crippen LogP contribution is 2.49. The van der Waals surface area contributed by atoms with Crippen LogP contribution in [0.4, 0.5) is 9.93 Å². The summed E-state index contributed by atoms with van der Waals surface area (Å²) < 4.78 is 22.1. The van der Waals surface area contributed by atoms with Crippen LogP contribution in [0.2, 0.25) is 0 Å². The molecule has 1 aromatic heterocycles. The molecule has 2 aliphatic heterocycles. The number of aromatic nitrogens is 1. The van der Waals surface area contributed by atoms with Crippen LogP contribution in [0.1, 0.15) is 80.0 Å². The van der Waals surface area contributed by atoms with Crippen molar-refractivity contribution in [2.75, 3.05) is 16.9 Å². The number of anilines is 1. The van der Waals surface area contributed by atoms with Gasteiger partial charge in [-0.3, -0.25) is 19.8 Å². The molecular weight excluding hydrogens is 839 g/mol. The van der Waals surface area contributed by atoms with Crippen LogP contribution < -0.4 is 10.1 Å². The minimum absolute atomic E-state index is 0.00509. The highest BCUT2D eigenvalue weighted by Gasteiger charge is 2.55. The standard InChI is InChI=1S/C36H45IN4O10S2/c1-19-23(16-37)27(30(44)48-17-20-11-13-21(47-10)14-12-20)41-28(43)22(29(41)53-19)15-25(42)26(40-51-36(8,9)31(45)49-34(2,3)4)24-18-52-32(38-24)39-33(46)50-35(5,6)7/h11-14,18-19,22,29H,15-17H2,1-10H3,(H,38,39,46)/b40-26-/t19-,22+,29+/m0/s1. The van der Waals surface area contributed by atoms with Gasteiger partial charge in [0.2, 0.25) is 11.5 Å². The number of fused-ring (bicyclic) bond motifs is 1. The molecule has 0 spiro atoms. The number of oxime groups is 1. The van der Waals surface area contributed by atoms with Crippen molar-refractivity contribution in [2.45, 2.75) is 103 Å². The van der Waals surface area contributed by atoms with Crippen LogP contribution in [-0.2, 0) is 44.8 Å². The Bertz CT molecular complexity index is 1790. The van der Waals surface area contributed by atoms with Gasteiger partial charge in [-0.05, 0) is 85.6 Å². The minimum Gasteiger partial charge on any atom is -0.497 e. The summed E-state index contributed by atoms with van der Waals surface area (Å²) in [6, 6.07) is 7.10. The van der Waals surface area contributed by atoms with E-state index in [2.05, 4.69) is 38.0 Å². The Labute approximate surface area is 330 Å². The molecule has 3 heterocycles. The zero-order valence-corrected chi connectivity index (χ0v) is 35.1. The van der Waals surface area contributed by atoms with Gasteiger partial charge in [0.1, 0.15) is 34.9 Å². The van der Waals surface area contributed by atoms with E-state index in [-0.39, 0.29) is 40.5 Å². The van der Waals surface area contributed by atoms with E-state index < -0.39 is 57.8 Å². The number of thioether (sulfide) groups is 1. The van der Waals surface area contributed by atoms with Crippen molar-refractivity contribution in [1.82, 2.24) is 9.88 Å². The lowest BCUT2D eigenvalue weighted by molar-refractivity contribution is -0.179. The molecule has 1 saturated heterocycles. The number of alkyl halides is 1. The minimum atomic E-state index is -1.61. The van der Waals surface area contributed by atoms with Crippen molar-refractivity contribution in [1.29, 1.82) is 0 Å². The molecule has 53 heavy (non-hydrogen) atoms. The normalized spacial score (nSPS) is 19.2. The number of hydrogen-bond donors (Lipinski definition) is 1. The van der Waals surface area contributed by atoms with Crippen LogP contribution in [0, 0.1) is 5.92 Å². The molecule has 2 amide bonds. The van der Waals surface area contributed by atoms with E-state index in [4.69, 9.17) is 23.8 Å². The molecule has 0 radical (unpaired) electrons. The van der Waals surface area contributed by atoms with E-state index in [1.807, 2.05) is 6.92 Å². The number of ketones is 1. The molecule has 3 atom stereocenters. The molecule has 4 rings (SSSR count). The number of nitrogens with one attached hydrogen (secondary N) is 1. The van der Waals surface area contributed by atoms with E-state index >= 15 is 0 Å². The molecule has 17 heteroatoms. The Morgan fingerprint density at radius 3 is 2.23 bits per heavy atom. The Morgan fingerprint density at radius 1 is 1.00 bits per heavy atom. The number of methoxy groups -OCH3 is 1. The summed E-state index contributed by atoms with van der Waals surface area (Å²) >= 11 is 4.65. The van der Waals surface area contributed by atoms with Crippen LogP contribution in [0.3, 0.4) is 0 Å². The summed E-state index contributed by atoms with van der Waals surface area (Å²) in [6.45, 7) is 15.1. The van der Waals surface area contributed by atoms with Gasteiger partial charge >= 0.3 is 18.0 Å². The second-order valence-electron chi connectivity index (χ2n) is 14.8. The number of halogens is 1. The van der Waals surface area contributed by atoms with Crippen molar-refractivity contribution < 1.29 is 47.8 Å². The van der Waals surface area contributed by atoms with E-state index in [1.54, 1.807) is 72.9 Å². The number of ether oxygens (including phenoxy) is 4. The maximum absolute atomic E-state index is 14.1. The third-order valence-electron chi connectivity index (χ3n) is 7.68. The molecule has 0 saturated carbocycles. The Hall–Kier alpha value is -3.71. The number of hydrogen-bond acceptors (Lipinski definition) is 14. The Morgan fingerprint density at radius 2 is 1.64 bits per heavy atom. The van der Waals surface area contributed by atoms with Gasteiger partial charge in [0, 0.05) is 21.5 Å². The highest BCUT2D eigenvalue weighted by atomic mass is 127. The first-order valence-electron chi connectivity index (χ1n) is 16.7. The number of carbonyl (C=O) groups is 5. The van der Waals surface area contributed by atoms with Crippen LogP contribution in [0.25, 0.3) is 0 Å². The average Bonchev–Trinajstić information content (AvgIpc) is 3.51. The van der Waals surface area contributed by atoms with Crippen molar-refractivity contribution in [3.63, 3.8) is 0 Å². The maximum Gasteiger partial charge on any atom is 0.413 e. The molecule has 2 aliphatic rings. The summed E-state index contributed by atoms with van der Waals surface area (Å²) in [4.78, 5) is 78.1. The summed E-state index contributed by atoms with van der Waals surface area (Å²) in [5, 5.41) is 7.58. The lowest BCUT2D eigenvalue weighted by Crippen LogP contribution is -2.63. The molecular formula is C36H45IN4O10S2. The molecule has 1 fully saturated rings. The van der Waals surface area contributed by atoms with Gasteiger partial charge in [-0.15, -0.1) is 23.1 Å². The molecule has 2 aromatic rings. The van der Waals surface area contributed by atoms with Gasteiger partial charge in [0.15, 0.2) is 16.6 Å². The average molecular weight is 885 g/mol. The van der Waals surface area contributed by atoms with Gasteiger partial charge in [-0.1, -0.05) is 39.9 Å². The molecule has 0 unspecified atom stereocenters. The summed E-state index contributed by atoms with van der Waals surface area (Å²) in [5.41, 5.74) is -1.69. The van der Waals surface area contributed by atoms with Crippen LogP contribution in [0.15, 0.2) is 46.1 Å². The largest absolute Gasteiger partial charge is 0.497 e. The number of β-lactam (4-membered cyclic amide) rings is 1. The number of rotatable bonds is 13. The SMILES string of the molecule is COc1ccc(COC(=O)C2=C(CI)[C@H](C)S[C@@H]3[C@H](CC(=O)/C(=N\OC(C)(C)C(=O)OC(C)(C)C)c4csc(NC(=O)OC(C)(C)C)n4)C(=O)N23)cc1. The number of benzene rings is 1. The van der Waals surface area contributed by atoms with E-state index in [1.165, 1.54) is 35.9 Å². The van der Waals surface area contributed by atoms with Crippen molar-refractivity contribution in [2.24, 2.45) is 11.1 Å². The second-order valence-corrected chi connectivity index (χ2v) is 17.8. The first kappa shape index (κ1) is 42.0. The number of carbonyl (C=O) groups excluding carboxylic acids is 5. The molecule has 1 N–H and O–H groups in total. The van der Waals surface area contributed by atoms with Gasteiger partial charge in [-0.2, -0.15) is 0 Å². The Kier molecular flexibility index (Phi) is 13.3. The first-order chi connectivity index (χ1) is 24.6. The third-order valence-corrected chi connectivity index (χ3v) is 10.8. The van der Waals surface area contributed by atoms with Gasteiger partial charge in [0.05, 0.1) is 18.4 Å². The maximum atomic E-state index is 14.1. The highest BCUT2D eigenvalue weighted by molar-refractivity contribution is 14.1. The van der Waals surface area contributed by atoms with E-state index in [0.717, 1.165) is 22.5 Å². The first-order valence-corrected chi connectivity index (χ1v) is 20.0. The van der Waals surface area contributed by atoms with Crippen LogP contribution >= 0.6 is 45.7 Å². The number of thiazole rings is 1. The van der Waals surface area contributed by atoms with Gasteiger partial charge in [-0.25, -0.2) is 19.4 Å². The lowest BCUT2D eigenvalue weighted by atomic mass is 9.89. The number of nitrogens with zero attached hydrogens (tertiary/aromatic N) is 3. The van der Waals surface area contributed by atoms with E-state index in [9.17, 15) is 24.0 Å². The fourth-order valence-electron chi connectivity index (χ4n) is 5.05. The number of esters is 2. The molecule has 288 valence electrons.